The van der Waals surface area contributed by atoms with Crippen molar-refractivity contribution in [3.05, 3.63) is 0 Å². The van der Waals surface area contributed by atoms with E-state index in [0.29, 0.717) is 6.54 Å². The largest absolute Gasteiger partial charge is 0.394 e. The van der Waals surface area contributed by atoms with E-state index in [9.17, 15) is 8.42 Å². The molecule has 6 heteroatoms. The molecule has 1 fully saturated rings. The van der Waals surface area contributed by atoms with Crippen LogP contribution in [0.1, 0.15) is 20.8 Å². The molecule has 1 rings (SSSR count). The first-order valence-electron chi connectivity index (χ1n) is 5.07. The van der Waals surface area contributed by atoms with Crippen LogP contribution in [-0.4, -0.2) is 55.0 Å². The number of sulfonamides is 1. The van der Waals surface area contributed by atoms with Crippen LogP contribution in [0.25, 0.3) is 0 Å². The molecule has 15 heavy (non-hydrogen) atoms. The summed E-state index contributed by atoms with van der Waals surface area (Å²) in [6.07, 6.45) is -0.421. The number of aliphatic hydroxyl groups is 1. The minimum Gasteiger partial charge on any atom is -0.394 e. The molecular formula is C9H19NO4S. The van der Waals surface area contributed by atoms with Crippen LogP contribution in [0.3, 0.4) is 0 Å². The van der Waals surface area contributed by atoms with Gasteiger partial charge in [0.15, 0.2) is 0 Å². The van der Waals surface area contributed by atoms with Gasteiger partial charge in [-0.05, 0) is 20.8 Å². The summed E-state index contributed by atoms with van der Waals surface area (Å²) in [4.78, 5) is 0. The molecule has 0 bridgehead atoms. The topological polar surface area (TPSA) is 66.8 Å². The summed E-state index contributed by atoms with van der Waals surface area (Å²) >= 11 is 0. The molecule has 0 aromatic rings. The predicted molar refractivity (Wildman–Crippen MR) is 57.1 cm³/mol. The van der Waals surface area contributed by atoms with Gasteiger partial charge in [-0.15, -0.1) is 0 Å². The molecule has 1 unspecified atom stereocenters. The maximum atomic E-state index is 11.7. The maximum absolute atomic E-state index is 11.7. The Balaban J connectivity index is 2.84. The molecule has 0 spiro atoms. The van der Waals surface area contributed by atoms with Gasteiger partial charge < -0.3 is 9.84 Å². The van der Waals surface area contributed by atoms with Crippen molar-refractivity contribution in [3.63, 3.8) is 0 Å². The molecule has 90 valence electrons. The lowest BCUT2D eigenvalue weighted by molar-refractivity contribution is -0.131. The fourth-order valence-corrected chi connectivity index (χ4v) is 3.00. The zero-order chi connectivity index (χ0) is 11.7. The molecule has 1 aliphatic rings. The number of ether oxygens (including phenoxy) is 1. The van der Waals surface area contributed by atoms with Gasteiger partial charge in [0.2, 0.25) is 10.0 Å². The van der Waals surface area contributed by atoms with Crippen LogP contribution in [0.15, 0.2) is 0 Å². The third-order valence-electron chi connectivity index (χ3n) is 2.41. The molecule has 1 N–H and O–H groups in total. The Morgan fingerprint density at radius 1 is 1.53 bits per heavy atom. The minimum atomic E-state index is -3.19. The molecule has 0 aromatic carbocycles. The first-order valence-corrected chi connectivity index (χ1v) is 6.68. The maximum Gasteiger partial charge on any atom is 0.214 e. The van der Waals surface area contributed by atoms with Gasteiger partial charge in [0, 0.05) is 13.1 Å². The number of nitrogens with zero attached hydrogens (tertiary/aromatic N) is 1. The van der Waals surface area contributed by atoms with Crippen LogP contribution in [0.2, 0.25) is 0 Å². The normalized spacial score (nSPS) is 27.9. The molecule has 0 radical (unpaired) electrons. The van der Waals surface area contributed by atoms with Crippen molar-refractivity contribution < 1.29 is 18.3 Å². The van der Waals surface area contributed by atoms with Crippen molar-refractivity contribution in [2.75, 3.05) is 25.4 Å². The van der Waals surface area contributed by atoms with Crippen molar-refractivity contribution in [1.82, 2.24) is 4.31 Å². The van der Waals surface area contributed by atoms with Gasteiger partial charge in [-0.1, -0.05) is 0 Å². The molecule has 0 saturated carbocycles. The summed E-state index contributed by atoms with van der Waals surface area (Å²) in [6.45, 7) is 5.71. The fraction of sp³-hybridized carbons (Fsp3) is 1.00. The van der Waals surface area contributed by atoms with Gasteiger partial charge in [0.1, 0.15) is 0 Å². The summed E-state index contributed by atoms with van der Waals surface area (Å²) in [6, 6.07) is 0. The van der Waals surface area contributed by atoms with E-state index in [2.05, 4.69) is 0 Å². The van der Waals surface area contributed by atoms with Gasteiger partial charge >= 0.3 is 0 Å². The smallest absolute Gasteiger partial charge is 0.214 e. The van der Waals surface area contributed by atoms with Gasteiger partial charge in [0.25, 0.3) is 0 Å². The zero-order valence-corrected chi connectivity index (χ0v) is 10.2. The monoisotopic (exact) mass is 237 g/mol. The summed E-state index contributed by atoms with van der Waals surface area (Å²) < 4.78 is 30.3. The van der Waals surface area contributed by atoms with Crippen LogP contribution in [0, 0.1) is 0 Å². The Morgan fingerprint density at radius 3 is 2.60 bits per heavy atom. The third kappa shape index (κ3) is 3.14. The van der Waals surface area contributed by atoms with Gasteiger partial charge in [-0.3, -0.25) is 0 Å². The Bertz CT molecular complexity index is 312. The quantitative estimate of drug-likeness (QED) is 0.738. The van der Waals surface area contributed by atoms with E-state index in [0.717, 1.165) is 0 Å². The number of rotatable bonds is 3. The molecule has 1 saturated heterocycles. The van der Waals surface area contributed by atoms with E-state index in [-0.39, 0.29) is 18.9 Å². The second-order valence-electron chi connectivity index (χ2n) is 4.38. The SMILES string of the molecule is CCS(=O)(=O)N1CC(CO)OC(C)(C)C1. The van der Waals surface area contributed by atoms with Crippen LogP contribution in [0.4, 0.5) is 0 Å². The van der Waals surface area contributed by atoms with E-state index >= 15 is 0 Å². The summed E-state index contributed by atoms with van der Waals surface area (Å²) in [5.74, 6) is 0.0846. The van der Waals surface area contributed by atoms with Gasteiger partial charge in [-0.25, -0.2) is 8.42 Å². The standard InChI is InChI=1S/C9H19NO4S/c1-4-15(12,13)10-5-8(6-11)14-9(2,3)7-10/h8,11H,4-7H2,1-3H3. The van der Waals surface area contributed by atoms with E-state index in [4.69, 9.17) is 9.84 Å². The van der Waals surface area contributed by atoms with Crippen LogP contribution in [-0.2, 0) is 14.8 Å². The summed E-state index contributed by atoms with van der Waals surface area (Å²) in [5, 5.41) is 9.03. The minimum absolute atomic E-state index is 0.0846. The lowest BCUT2D eigenvalue weighted by atomic mass is 10.1. The Labute approximate surface area is 91.1 Å². The van der Waals surface area contributed by atoms with Crippen molar-refractivity contribution in [2.45, 2.75) is 32.5 Å². The summed E-state index contributed by atoms with van der Waals surface area (Å²) in [5.41, 5.74) is -0.534. The average molecular weight is 237 g/mol. The lowest BCUT2D eigenvalue weighted by Crippen LogP contribution is -2.55. The summed E-state index contributed by atoms with van der Waals surface area (Å²) in [7, 11) is -3.19. The molecule has 5 nitrogen and oxygen atoms in total. The second-order valence-corrected chi connectivity index (χ2v) is 6.63. The Kier molecular flexibility index (Phi) is 3.76. The second kappa shape index (κ2) is 4.37. The highest BCUT2D eigenvalue weighted by molar-refractivity contribution is 7.89. The van der Waals surface area contributed by atoms with E-state index < -0.39 is 21.7 Å². The van der Waals surface area contributed by atoms with E-state index in [1.165, 1.54) is 4.31 Å². The Morgan fingerprint density at radius 2 is 2.13 bits per heavy atom. The van der Waals surface area contributed by atoms with Crippen molar-refractivity contribution in [3.8, 4) is 0 Å². The molecule has 0 aromatic heterocycles. The highest BCUT2D eigenvalue weighted by Crippen LogP contribution is 2.23. The van der Waals surface area contributed by atoms with Crippen LogP contribution >= 0.6 is 0 Å². The van der Waals surface area contributed by atoms with E-state index in [1.807, 2.05) is 13.8 Å². The van der Waals surface area contributed by atoms with Crippen molar-refractivity contribution in [2.24, 2.45) is 0 Å². The number of hydrogen-bond donors (Lipinski definition) is 1. The van der Waals surface area contributed by atoms with Gasteiger partial charge in [0.05, 0.1) is 24.1 Å². The lowest BCUT2D eigenvalue weighted by Gasteiger charge is -2.41. The highest BCUT2D eigenvalue weighted by Gasteiger charge is 2.37. The number of morpholine rings is 1. The molecule has 0 amide bonds. The first-order chi connectivity index (χ1) is 6.80. The van der Waals surface area contributed by atoms with Crippen molar-refractivity contribution in [1.29, 1.82) is 0 Å². The van der Waals surface area contributed by atoms with Crippen LogP contribution in [0.5, 0.6) is 0 Å². The zero-order valence-electron chi connectivity index (χ0n) is 9.43. The first kappa shape index (κ1) is 12.9. The number of aliphatic hydroxyl groups excluding tert-OH is 1. The molecule has 1 atom stereocenters. The number of hydrogen-bond acceptors (Lipinski definition) is 4. The van der Waals surface area contributed by atoms with Gasteiger partial charge in [-0.2, -0.15) is 4.31 Å². The predicted octanol–water partition coefficient (Wildman–Crippen LogP) is -0.192. The molecular weight excluding hydrogens is 218 g/mol. The van der Waals surface area contributed by atoms with Crippen molar-refractivity contribution >= 4 is 10.0 Å². The Hall–Kier alpha value is -0.170. The molecule has 1 heterocycles. The fourth-order valence-electron chi connectivity index (χ4n) is 1.73. The highest BCUT2D eigenvalue weighted by atomic mass is 32.2. The molecule has 0 aliphatic carbocycles. The third-order valence-corrected chi connectivity index (χ3v) is 4.21. The molecule has 1 aliphatic heterocycles. The van der Waals surface area contributed by atoms with E-state index in [1.54, 1.807) is 6.92 Å². The average Bonchev–Trinajstić information content (AvgIpc) is 2.15. The van der Waals surface area contributed by atoms with Crippen LogP contribution < -0.4 is 0 Å².